The maximum atomic E-state index is 12.9. The van der Waals surface area contributed by atoms with Crippen LogP contribution >= 0.6 is 23.2 Å². The highest BCUT2D eigenvalue weighted by Gasteiger charge is 2.35. The molecule has 0 saturated heterocycles. The van der Waals surface area contributed by atoms with E-state index in [1.165, 1.54) is 13.0 Å². The Hall–Kier alpha value is -2.95. The summed E-state index contributed by atoms with van der Waals surface area (Å²) in [7, 11) is 0. The Kier molecular flexibility index (Phi) is 5.40. The summed E-state index contributed by atoms with van der Waals surface area (Å²) in [5.74, 6) is -1.36. The second-order valence-electron chi connectivity index (χ2n) is 5.50. The van der Waals surface area contributed by atoms with Gasteiger partial charge >= 0.3 is 5.97 Å². The predicted molar refractivity (Wildman–Crippen MR) is 99.9 cm³/mol. The van der Waals surface area contributed by atoms with Crippen LogP contribution in [-0.4, -0.2) is 35.3 Å². The molecule has 0 radical (unpaired) electrons. The van der Waals surface area contributed by atoms with Gasteiger partial charge in [-0.2, -0.15) is 5.26 Å². The minimum Gasteiger partial charge on any atom is -0.430 e. The van der Waals surface area contributed by atoms with E-state index < -0.39 is 18.1 Å². The Morgan fingerprint density at radius 1 is 1.30 bits per heavy atom. The molecule has 1 aliphatic heterocycles. The highest BCUT2D eigenvalue weighted by Crippen LogP contribution is 2.31. The van der Waals surface area contributed by atoms with E-state index in [1.807, 2.05) is 6.07 Å². The van der Waals surface area contributed by atoms with Gasteiger partial charge in [0.05, 0.1) is 22.5 Å². The highest BCUT2D eigenvalue weighted by atomic mass is 35.5. The zero-order valence-electron chi connectivity index (χ0n) is 14.0. The average molecular weight is 403 g/mol. The van der Waals surface area contributed by atoms with Crippen molar-refractivity contribution in [2.45, 2.75) is 13.2 Å². The van der Waals surface area contributed by atoms with Gasteiger partial charge in [0, 0.05) is 12.5 Å². The molecule has 2 aromatic rings. The molecule has 9 heteroatoms. The number of carbonyl (C=O) groups excluding carboxylic acids is 2. The van der Waals surface area contributed by atoms with Gasteiger partial charge in [0.1, 0.15) is 17.4 Å². The van der Waals surface area contributed by atoms with Crippen molar-refractivity contribution in [3.63, 3.8) is 0 Å². The molecule has 3 rings (SSSR count). The van der Waals surface area contributed by atoms with Crippen molar-refractivity contribution in [2.75, 3.05) is 11.4 Å². The van der Waals surface area contributed by atoms with Gasteiger partial charge in [-0.1, -0.05) is 41.4 Å². The number of amides is 1. The molecule has 0 N–H and O–H groups in total. The topological polar surface area (TPSA) is 95.7 Å². The van der Waals surface area contributed by atoms with E-state index in [1.54, 1.807) is 30.3 Å². The lowest BCUT2D eigenvalue weighted by Gasteiger charge is -2.21. The Morgan fingerprint density at radius 2 is 2.04 bits per heavy atom. The maximum Gasteiger partial charge on any atom is 0.305 e. The molecular weight excluding hydrogens is 391 g/mol. The van der Waals surface area contributed by atoms with Gasteiger partial charge < -0.3 is 4.74 Å². The number of benzene rings is 1. The number of anilines is 1. The Morgan fingerprint density at radius 3 is 2.70 bits per heavy atom. The van der Waals surface area contributed by atoms with E-state index in [2.05, 4.69) is 9.98 Å². The Bertz CT molecular complexity index is 1000. The third-order valence-electron chi connectivity index (χ3n) is 3.71. The van der Waals surface area contributed by atoms with Crippen molar-refractivity contribution in [3.8, 4) is 6.07 Å². The van der Waals surface area contributed by atoms with Crippen LogP contribution in [0.3, 0.4) is 0 Å². The van der Waals surface area contributed by atoms with Crippen molar-refractivity contribution in [3.05, 3.63) is 57.8 Å². The lowest BCUT2D eigenvalue weighted by molar-refractivity contribution is -0.152. The highest BCUT2D eigenvalue weighted by molar-refractivity contribution is 6.36. The zero-order valence-corrected chi connectivity index (χ0v) is 15.5. The average Bonchev–Trinajstić information content (AvgIpc) is 2.72. The van der Waals surface area contributed by atoms with Crippen molar-refractivity contribution >= 4 is 46.5 Å². The van der Waals surface area contributed by atoms with Crippen molar-refractivity contribution in [2.24, 2.45) is 4.99 Å². The summed E-state index contributed by atoms with van der Waals surface area (Å²) in [6.45, 7) is 0.887. The number of halogens is 2. The van der Waals surface area contributed by atoms with Crippen LogP contribution < -0.4 is 4.90 Å². The number of aromatic nitrogens is 1. The molecule has 1 atom stereocenters. The van der Waals surface area contributed by atoms with Gasteiger partial charge in [-0.25, -0.2) is 9.98 Å². The molecule has 2 heterocycles. The molecule has 1 amide bonds. The molecule has 136 valence electrons. The molecular formula is C18H12Cl2N4O3. The predicted octanol–water partition coefficient (Wildman–Crippen LogP) is 2.99. The molecule has 1 aromatic heterocycles. The second kappa shape index (κ2) is 7.74. The zero-order chi connectivity index (χ0) is 19.6. The number of aliphatic imine (C=N–C) groups is 1. The summed E-state index contributed by atoms with van der Waals surface area (Å²) >= 11 is 12.4. The molecule has 1 unspecified atom stereocenters. The maximum absolute atomic E-state index is 12.9. The van der Waals surface area contributed by atoms with Gasteiger partial charge in [-0.15, -0.1) is 0 Å². The van der Waals surface area contributed by atoms with E-state index in [4.69, 9.17) is 33.2 Å². The van der Waals surface area contributed by atoms with E-state index in [0.717, 1.165) is 4.90 Å². The second-order valence-corrected chi connectivity index (χ2v) is 6.30. The minimum absolute atomic E-state index is 0.170. The van der Waals surface area contributed by atoms with Crippen molar-refractivity contribution in [1.29, 1.82) is 5.26 Å². The van der Waals surface area contributed by atoms with Crippen molar-refractivity contribution < 1.29 is 14.3 Å². The molecule has 27 heavy (non-hydrogen) atoms. The number of hydrogen-bond donors (Lipinski definition) is 0. The van der Waals surface area contributed by atoms with Gasteiger partial charge in [-0.05, 0) is 18.2 Å². The van der Waals surface area contributed by atoms with E-state index in [-0.39, 0.29) is 23.1 Å². The molecule has 0 saturated carbocycles. The number of carbonyl (C=O) groups is 2. The first-order valence-electron chi connectivity index (χ1n) is 7.77. The first kappa shape index (κ1) is 18.8. The lowest BCUT2D eigenvalue weighted by atomic mass is 10.1. The first-order valence-corrected chi connectivity index (χ1v) is 8.53. The fourth-order valence-electron chi connectivity index (χ4n) is 2.62. The fourth-order valence-corrected chi connectivity index (χ4v) is 3.00. The first-order chi connectivity index (χ1) is 12.9. The van der Waals surface area contributed by atoms with E-state index in [0.29, 0.717) is 16.3 Å². The summed E-state index contributed by atoms with van der Waals surface area (Å²) in [5, 5.41) is 9.68. The molecule has 7 nitrogen and oxygen atoms in total. The standard InChI is InChI=1S/C18H12Cl2N4O3/c1-10(25)27-17-18(26)24(9-8-21)13-6-7-14(20)22-16(13)15(23-17)11-4-2-3-5-12(11)19/h2-7,17H,9H2,1H3. The van der Waals surface area contributed by atoms with Crippen LogP contribution in [0.5, 0.6) is 0 Å². The number of hydrogen-bond acceptors (Lipinski definition) is 6. The van der Waals surface area contributed by atoms with Gasteiger partial charge in [0.25, 0.3) is 12.1 Å². The molecule has 1 aromatic carbocycles. The molecule has 0 bridgehead atoms. The SMILES string of the molecule is CC(=O)OC1N=C(c2ccccc2Cl)c2nc(Cl)ccc2N(CC#N)C1=O. The van der Waals surface area contributed by atoms with Gasteiger partial charge in [0.15, 0.2) is 0 Å². The minimum atomic E-state index is -1.48. The lowest BCUT2D eigenvalue weighted by Crippen LogP contribution is -2.40. The van der Waals surface area contributed by atoms with Crippen LogP contribution in [0, 0.1) is 11.3 Å². The summed E-state index contributed by atoms with van der Waals surface area (Å²) < 4.78 is 5.08. The van der Waals surface area contributed by atoms with E-state index in [9.17, 15) is 9.59 Å². The normalized spacial score (nSPS) is 16.1. The number of esters is 1. The molecule has 0 spiro atoms. The van der Waals surface area contributed by atoms with Crippen LogP contribution in [-0.2, 0) is 14.3 Å². The smallest absolute Gasteiger partial charge is 0.305 e. The van der Waals surface area contributed by atoms with Crippen LogP contribution in [0.2, 0.25) is 10.2 Å². The number of nitrogens with zero attached hydrogens (tertiary/aromatic N) is 4. The van der Waals surface area contributed by atoms with Crippen LogP contribution in [0.4, 0.5) is 5.69 Å². The number of pyridine rings is 1. The number of ether oxygens (including phenoxy) is 1. The van der Waals surface area contributed by atoms with Crippen LogP contribution in [0.1, 0.15) is 18.2 Å². The number of rotatable bonds is 3. The third-order valence-corrected chi connectivity index (χ3v) is 4.25. The van der Waals surface area contributed by atoms with Gasteiger partial charge in [0.2, 0.25) is 0 Å². The number of nitriles is 1. The van der Waals surface area contributed by atoms with E-state index >= 15 is 0 Å². The summed E-state index contributed by atoms with van der Waals surface area (Å²) in [4.78, 5) is 34.1. The summed E-state index contributed by atoms with van der Waals surface area (Å²) in [5.41, 5.74) is 1.30. The van der Waals surface area contributed by atoms with Crippen molar-refractivity contribution in [1.82, 2.24) is 4.98 Å². The third kappa shape index (κ3) is 3.77. The quantitative estimate of drug-likeness (QED) is 0.446. The summed E-state index contributed by atoms with van der Waals surface area (Å²) in [6, 6.07) is 11.8. The monoisotopic (exact) mass is 402 g/mol. The fraction of sp³-hybridized carbons (Fsp3) is 0.167. The van der Waals surface area contributed by atoms with Crippen LogP contribution in [0.15, 0.2) is 41.4 Å². The summed E-state index contributed by atoms with van der Waals surface area (Å²) in [6.07, 6.45) is -1.48. The largest absolute Gasteiger partial charge is 0.430 e. The van der Waals surface area contributed by atoms with Gasteiger partial charge in [-0.3, -0.25) is 14.5 Å². The number of fused-ring (bicyclic) bond motifs is 1. The molecule has 0 fully saturated rings. The van der Waals surface area contributed by atoms with Crippen LogP contribution in [0.25, 0.3) is 0 Å². The molecule has 0 aliphatic carbocycles. The Labute approximate surface area is 164 Å². The Balaban J connectivity index is 2.30. The molecule has 1 aliphatic rings.